The number of hydrogen-bond donors (Lipinski definition) is 0. The van der Waals surface area contributed by atoms with E-state index in [0.717, 1.165) is 16.7 Å². The Morgan fingerprint density at radius 3 is 2.45 bits per heavy atom. The highest BCUT2D eigenvalue weighted by Gasteiger charge is 2.17. The van der Waals surface area contributed by atoms with Gasteiger partial charge in [0.2, 0.25) is 11.7 Å². The molecule has 1 heterocycles. The zero-order valence-corrected chi connectivity index (χ0v) is 19.8. The number of amides is 1. The number of methoxy groups -OCH3 is 3. The minimum atomic E-state index is -0.713. The van der Waals surface area contributed by atoms with E-state index < -0.39 is 6.09 Å². The smallest absolute Gasteiger partial charge is 0.434 e. The molecular formula is C23H24N4O5S. The Morgan fingerprint density at radius 2 is 1.88 bits per heavy atom. The van der Waals surface area contributed by atoms with Crippen LogP contribution in [0.4, 0.5) is 10.5 Å². The number of hydrogen-bond acceptors (Lipinski definition) is 9. The normalized spacial score (nSPS) is 12.0. The molecular weight excluding hydrogens is 444 g/mol. The Labute approximate surface area is 195 Å². The van der Waals surface area contributed by atoms with E-state index in [9.17, 15) is 4.79 Å². The second kappa shape index (κ2) is 11.4. The predicted octanol–water partition coefficient (Wildman–Crippen LogP) is 4.85. The maximum atomic E-state index is 11.9. The van der Waals surface area contributed by atoms with Crippen molar-refractivity contribution in [3.05, 3.63) is 59.5 Å². The average molecular weight is 469 g/mol. The lowest BCUT2D eigenvalue weighted by Gasteiger charge is -2.12. The van der Waals surface area contributed by atoms with Crippen LogP contribution in [0.5, 0.6) is 5.75 Å². The molecule has 10 heteroatoms. The van der Waals surface area contributed by atoms with Gasteiger partial charge in [-0.05, 0) is 54.3 Å². The van der Waals surface area contributed by atoms with Gasteiger partial charge in [0.1, 0.15) is 16.5 Å². The van der Waals surface area contributed by atoms with Gasteiger partial charge < -0.3 is 18.7 Å². The second-order valence-electron chi connectivity index (χ2n) is 6.74. The lowest BCUT2D eigenvalue weighted by molar-refractivity contribution is 0.182. The van der Waals surface area contributed by atoms with Crippen LogP contribution in [0.25, 0.3) is 11.4 Å². The molecule has 0 aliphatic heterocycles. The molecule has 0 saturated heterocycles. The van der Waals surface area contributed by atoms with E-state index in [1.807, 2.05) is 48.7 Å². The van der Waals surface area contributed by atoms with Gasteiger partial charge >= 0.3 is 6.09 Å². The molecule has 0 atom stereocenters. The SMILES string of the molecule is COCc1cc(OC)cc(C(=Nc2ccc(-c3noc(C)n3)cc2)/C(=N/C(=O)OC)SC)c1. The Kier molecular flexibility index (Phi) is 8.34. The summed E-state index contributed by atoms with van der Waals surface area (Å²) < 4.78 is 20.5. The van der Waals surface area contributed by atoms with Crippen LogP contribution in [0.2, 0.25) is 0 Å². The fourth-order valence-corrected chi connectivity index (χ4v) is 3.48. The van der Waals surface area contributed by atoms with Crippen LogP contribution in [0, 0.1) is 6.92 Å². The number of carbonyl (C=O) groups is 1. The van der Waals surface area contributed by atoms with E-state index in [1.165, 1.54) is 18.9 Å². The van der Waals surface area contributed by atoms with E-state index in [1.54, 1.807) is 21.1 Å². The first-order chi connectivity index (χ1) is 16.0. The van der Waals surface area contributed by atoms with Gasteiger partial charge in [-0.2, -0.15) is 9.98 Å². The number of thioether (sulfide) groups is 1. The first-order valence-electron chi connectivity index (χ1n) is 9.85. The van der Waals surface area contributed by atoms with Crippen LogP contribution in [-0.2, 0) is 16.1 Å². The zero-order chi connectivity index (χ0) is 23.8. The second-order valence-corrected chi connectivity index (χ2v) is 7.53. The third kappa shape index (κ3) is 6.27. The first-order valence-corrected chi connectivity index (χ1v) is 11.1. The molecule has 0 saturated carbocycles. The molecule has 0 aliphatic carbocycles. The van der Waals surface area contributed by atoms with Crippen molar-refractivity contribution >= 4 is 34.3 Å². The van der Waals surface area contributed by atoms with Crippen molar-refractivity contribution in [1.29, 1.82) is 0 Å². The highest BCUT2D eigenvalue weighted by Crippen LogP contribution is 2.25. The molecule has 0 bridgehead atoms. The number of aliphatic imine (C=N–C) groups is 2. The lowest BCUT2D eigenvalue weighted by atomic mass is 10.1. The molecule has 0 radical (unpaired) electrons. The maximum Gasteiger partial charge on any atom is 0.434 e. The van der Waals surface area contributed by atoms with E-state index in [0.29, 0.717) is 40.5 Å². The fourth-order valence-electron chi connectivity index (χ4n) is 2.96. The summed E-state index contributed by atoms with van der Waals surface area (Å²) >= 11 is 1.29. The van der Waals surface area contributed by atoms with Crippen LogP contribution in [0.1, 0.15) is 17.0 Å². The molecule has 2 aromatic carbocycles. The number of aromatic nitrogens is 2. The van der Waals surface area contributed by atoms with Gasteiger partial charge in [-0.15, -0.1) is 11.8 Å². The third-order valence-corrected chi connectivity index (χ3v) is 5.12. The molecule has 1 amide bonds. The van der Waals surface area contributed by atoms with Crippen LogP contribution >= 0.6 is 11.8 Å². The van der Waals surface area contributed by atoms with Gasteiger partial charge in [-0.3, -0.25) is 0 Å². The van der Waals surface area contributed by atoms with Crippen LogP contribution < -0.4 is 4.74 Å². The van der Waals surface area contributed by atoms with E-state index in [-0.39, 0.29) is 0 Å². The Balaban J connectivity index is 2.11. The summed E-state index contributed by atoms with van der Waals surface area (Å²) in [5.41, 5.74) is 3.55. The van der Waals surface area contributed by atoms with Crippen LogP contribution in [0.15, 0.2) is 57.0 Å². The summed E-state index contributed by atoms with van der Waals surface area (Å²) in [6, 6.07) is 13.0. The van der Waals surface area contributed by atoms with Crippen molar-refractivity contribution in [3.8, 4) is 17.1 Å². The number of carbonyl (C=O) groups excluding carboxylic acids is 1. The molecule has 9 nitrogen and oxygen atoms in total. The number of benzene rings is 2. The fraction of sp³-hybridized carbons (Fsp3) is 0.261. The summed E-state index contributed by atoms with van der Waals surface area (Å²) in [5.74, 6) is 1.62. The number of aryl methyl sites for hydroxylation is 1. The molecule has 0 N–H and O–H groups in total. The van der Waals surface area contributed by atoms with Crippen molar-refractivity contribution in [1.82, 2.24) is 10.1 Å². The molecule has 172 valence electrons. The number of ether oxygens (including phenoxy) is 3. The van der Waals surface area contributed by atoms with Gasteiger partial charge in [0.15, 0.2) is 0 Å². The largest absolute Gasteiger partial charge is 0.497 e. The van der Waals surface area contributed by atoms with Gasteiger partial charge in [0, 0.05) is 25.2 Å². The minimum absolute atomic E-state index is 0.388. The van der Waals surface area contributed by atoms with Gasteiger partial charge in [-0.25, -0.2) is 9.79 Å². The summed E-state index contributed by atoms with van der Waals surface area (Å²) in [4.78, 5) is 25.0. The molecule has 0 fully saturated rings. The summed E-state index contributed by atoms with van der Waals surface area (Å²) in [5, 5.41) is 4.33. The summed E-state index contributed by atoms with van der Waals surface area (Å²) in [6.45, 7) is 2.12. The lowest BCUT2D eigenvalue weighted by Crippen LogP contribution is -2.15. The zero-order valence-electron chi connectivity index (χ0n) is 19.0. The third-order valence-electron chi connectivity index (χ3n) is 4.44. The van der Waals surface area contributed by atoms with Crippen LogP contribution in [-0.4, -0.2) is 54.6 Å². The molecule has 3 aromatic rings. The predicted molar refractivity (Wildman–Crippen MR) is 128 cm³/mol. The standard InChI is InChI=1S/C23H24N4O5S/c1-14-24-21(27-32-14)16-6-8-18(9-7-16)25-20(22(33-5)26-23(28)31-4)17-10-15(13-29-2)11-19(12-17)30-3/h6-12H,13H2,1-5H3/b25-20?,26-22-. The molecule has 1 aromatic heterocycles. The van der Waals surface area contributed by atoms with Gasteiger partial charge in [0.25, 0.3) is 0 Å². The molecule has 33 heavy (non-hydrogen) atoms. The van der Waals surface area contributed by atoms with Crippen molar-refractivity contribution in [2.24, 2.45) is 9.98 Å². The van der Waals surface area contributed by atoms with Crippen molar-refractivity contribution in [3.63, 3.8) is 0 Å². The molecule has 3 rings (SSSR count). The first kappa shape index (κ1) is 24.1. The Bertz CT molecular complexity index is 1170. The van der Waals surface area contributed by atoms with Gasteiger partial charge in [-0.1, -0.05) is 5.16 Å². The highest BCUT2D eigenvalue weighted by atomic mass is 32.2. The maximum absolute atomic E-state index is 11.9. The van der Waals surface area contributed by atoms with E-state index >= 15 is 0 Å². The monoisotopic (exact) mass is 468 g/mol. The Morgan fingerprint density at radius 1 is 1.12 bits per heavy atom. The number of nitrogens with zero attached hydrogens (tertiary/aromatic N) is 4. The van der Waals surface area contributed by atoms with Gasteiger partial charge in [0.05, 0.1) is 26.5 Å². The van der Waals surface area contributed by atoms with Crippen LogP contribution in [0.3, 0.4) is 0 Å². The highest BCUT2D eigenvalue weighted by molar-refractivity contribution is 8.15. The van der Waals surface area contributed by atoms with E-state index in [4.69, 9.17) is 23.7 Å². The summed E-state index contributed by atoms with van der Waals surface area (Å²) in [6.07, 6.45) is 1.10. The quantitative estimate of drug-likeness (QED) is 0.358. The van der Waals surface area contributed by atoms with Crippen molar-refractivity contribution in [2.45, 2.75) is 13.5 Å². The minimum Gasteiger partial charge on any atom is -0.497 e. The van der Waals surface area contributed by atoms with Crippen molar-refractivity contribution < 1.29 is 23.5 Å². The average Bonchev–Trinajstić information content (AvgIpc) is 3.27. The summed E-state index contributed by atoms with van der Waals surface area (Å²) in [7, 11) is 4.48. The van der Waals surface area contributed by atoms with E-state index in [2.05, 4.69) is 15.1 Å². The molecule has 0 spiro atoms. The Hall–Kier alpha value is -3.50. The van der Waals surface area contributed by atoms with Crippen molar-refractivity contribution in [2.75, 3.05) is 27.6 Å². The molecule has 0 aliphatic rings. The number of rotatable bonds is 7. The topological polar surface area (TPSA) is 108 Å². The molecule has 0 unspecified atom stereocenters.